The molecule has 1 aromatic carbocycles. The minimum atomic E-state index is -0.846. The van der Waals surface area contributed by atoms with E-state index in [1.54, 1.807) is 30.1 Å². The number of anilines is 1. The summed E-state index contributed by atoms with van der Waals surface area (Å²) in [4.78, 5) is 23.6. The fourth-order valence-electron chi connectivity index (χ4n) is 1.38. The van der Waals surface area contributed by atoms with Crippen LogP contribution in [0.15, 0.2) is 24.3 Å². The molecule has 92 valence electrons. The van der Waals surface area contributed by atoms with Crippen molar-refractivity contribution in [1.29, 1.82) is 0 Å². The maximum atomic E-state index is 11.3. The number of aliphatic carboxylic acids is 1. The molecule has 5 nitrogen and oxygen atoms in total. The van der Waals surface area contributed by atoms with Crippen molar-refractivity contribution in [3.8, 4) is 0 Å². The number of rotatable bonds is 5. The molecule has 0 aliphatic heterocycles. The second-order valence-electron chi connectivity index (χ2n) is 3.61. The summed E-state index contributed by atoms with van der Waals surface area (Å²) in [5.74, 6) is -1.25. The fraction of sp³-hybridized carbons (Fsp3) is 0.333. The molecule has 1 rings (SSSR count). The molecule has 0 aliphatic carbocycles. The van der Waals surface area contributed by atoms with Crippen LogP contribution in [-0.4, -0.2) is 37.7 Å². The third-order valence-electron chi connectivity index (χ3n) is 2.37. The summed E-state index contributed by atoms with van der Waals surface area (Å²) in [6.45, 7) is 0.389. The topological polar surface area (TPSA) is 66.8 Å². The van der Waals surface area contributed by atoms with Crippen molar-refractivity contribution in [3.05, 3.63) is 29.8 Å². The van der Waals surface area contributed by atoms with Crippen LogP contribution in [0.4, 0.5) is 5.69 Å². The predicted molar refractivity (Wildman–Crippen MR) is 63.3 cm³/mol. The van der Waals surface area contributed by atoms with Crippen LogP contribution in [0.3, 0.4) is 0 Å². The zero-order chi connectivity index (χ0) is 12.8. The third-order valence-corrected chi connectivity index (χ3v) is 2.37. The van der Waals surface area contributed by atoms with E-state index in [-0.39, 0.29) is 6.42 Å². The van der Waals surface area contributed by atoms with E-state index in [2.05, 4.69) is 4.74 Å². The monoisotopic (exact) mass is 237 g/mol. The van der Waals surface area contributed by atoms with Crippen LogP contribution < -0.4 is 4.90 Å². The van der Waals surface area contributed by atoms with Gasteiger partial charge in [-0.1, -0.05) is 6.07 Å². The molecule has 0 aliphatic rings. The fourth-order valence-corrected chi connectivity index (χ4v) is 1.38. The number of ether oxygens (including phenoxy) is 1. The van der Waals surface area contributed by atoms with Crippen molar-refractivity contribution in [3.63, 3.8) is 0 Å². The number of nitrogens with zero attached hydrogens (tertiary/aromatic N) is 1. The lowest BCUT2D eigenvalue weighted by molar-refractivity contribution is -0.136. The maximum absolute atomic E-state index is 11.3. The lowest BCUT2D eigenvalue weighted by Crippen LogP contribution is -2.21. The highest BCUT2D eigenvalue weighted by atomic mass is 16.5. The quantitative estimate of drug-likeness (QED) is 0.784. The molecule has 0 bridgehead atoms. The Hall–Kier alpha value is -2.04. The standard InChI is InChI=1S/C12H15NO4/c1-13(7-6-11(14)15)10-5-3-4-9(8-10)12(16)17-2/h3-5,8H,6-7H2,1-2H3,(H,14,15). The van der Waals surface area contributed by atoms with Crippen LogP contribution in [0, 0.1) is 0 Å². The van der Waals surface area contributed by atoms with Gasteiger partial charge in [-0.2, -0.15) is 0 Å². The number of carbonyl (C=O) groups excluding carboxylic acids is 1. The van der Waals surface area contributed by atoms with Gasteiger partial charge in [0.1, 0.15) is 0 Å². The average molecular weight is 237 g/mol. The molecule has 17 heavy (non-hydrogen) atoms. The summed E-state index contributed by atoms with van der Waals surface area (Å²) < 4.78 is 4.62. The van der Waals surface area contributed by atoms with Gasteiger partial charge in [0.25, 0.3) is 0 Å². The van der Waals surface area contributed by atoms with Crippen molar-refractivity contribution in [2.75, 3.05) is 25.6 Å². The first-order valence-electron chi connectivity index (χ1n) is 5.16. The van der Waals surface area contributed by atoms with Gasteiger partial charge in [0.05, 0.1) is 19.1 Å². The van der Waals surface area contributed by atoms with Gasteiger partial charge in [-0.25, -0.2) is 4.79 Å². The molecule has 5 heteroatoms. The van der Waals surface area contributed by atoms with Gasteiger partial charge in [0, 0.05) is 19.3 Å². The largest absolute Gasteiger partial charge is 0.481 e. The van der Waals surface area contributed by atoms with Gasteiger partial charge in [0.15, 0.2) is 0 Å². The number of carboxylic acids is 1. The summed E-state index contributed by atoms with van der Waals surface area (Å²) in [7, 11) is 3.10. The van der Waals surface area contributed by atoms with Crippen LogP contribution >= 0.6 is 0 Å². The number of methoxy groups -OCH3 is 1. The van der Waals surface area contributed by atoms with Gasteiger partial charge in [-0.05, 0) is 18.2 Å². The SMILES string of the molecule is COC(=O)c1cccc(N(C)CCC(=O)O)c1. The van der Waals surface area contributed by atoms with Gasteiger partial charge in [-0.3, -0.25) is 4.79 Å². The third kappa shape index (κ3) is 3.79. The zero-order valence-corrected chi connectivity index (χ0v) is 9.84. The Kier molecular flexibility index (Phi) is 4.51. The Bertz CT molecular complexity index is 417. The molecule has 0 radical (unpaired) electrons. The number of hydrogen-bond acceptors (Lipinski definition) is 4. The van der Waals surface area contributed by atoms with E-state index in [9.17, 15) is 9.59 Å². The highest BCUT2D eigenvalue weighted by Crippen LogP contribution is 2.15. The molecule has 0 aromatic heterocycles. The molecule has 0 spiro atoms. The highest BCUT2D eigenvalue weighted by molar-refractivity contribution is 5.90. The molecular formula is C12H15NO4. The van der Waals surface area contributed by atoms with E-state index in [1.165, 1.54) is 7.11 Å². The molecule has 0 fully saturated rings. The number of carboxylic acid groups (broad SMARTS) is 1. The molecule has 0 heterocycles. The van der Waals surface area contributed by atoms with Crippen molar-refractivity contribution >= 4 is 17.6 Å². The first kappa shape index (κ1) is 13.0. The van der Waals surface area contributed by atoms with E-state index in [4.69, 9.17) is 5.11 Å². The molecule has 0 unspecified atom stereocenters. The number of esters is 1. The van der Waals surface area contributed by atoms with Crippen LogP contribution in [0.25, 0.3) is 0 Å². The second kappa shape index (κ2) is 5.89. The van der Waals surface area contributed by atoms with E-state index in [0.29, 0.717) is 12.1 Å². The number of benzene rings is 1. The zero-order valence-electron chi connectivity index (χ0n) is 9.84. The summed E-state index contributed by atoms with van der Waals surface area (Å²) in [6.07, 6.45) is 0.0545. The van der Waals surface area contributed by atoms with Crippen LogP contribution in [0.2, 0.25) is 0 Å². The van der Waals surface area contributed by atoms with Gasteiger partial charge < -0.3 is 14.7 Å². The van der Waals surface area contributed by atoms with Crippen molar-refractivity contribution in [2.24, 2.45) is 0 Å². The molecule has 1 N–H and O–H groups in total. The van der Waals surface area contributed by atoms with Gasteiger partial charge in [0.2, 0.25) is 0 Å². The smallest absolute Gasteiger partial charge is 0.337 e. The first-order chi connectivity index (χ1) is 8.04. The van der Waals surface area contributed by atoms with E-state index in [0.717, 1.165) is 5.69 Å². The summed E-state index contributed by atoms with van der Waals surface area (Å²) in [6, 6.07) is 6.88. The van der Waals surface area contributed by atoms with Gasteiger partial charge >= 0.3 is 11.9 Å². The lowest BCUT2D eigenvalue weighted by atomic mass is 10.2. The van der Waals surface area contributed by atoms with Crippen molar-refractivity contribution in [1.82, 2.24) is 0 Å². The second-order valence-corrected chi connectivity index (χ2v) is 3.61. The molecular weight excluding hydrogens is 222 g/mol. The maximum Gasteiger partial charge on any atom is 0.337 e. The van der Waals surface area contributed by atoms with Crippen molar-refractivity contribution < 1.29 is 19.4 Å². The summed E-state index contributed by atoms with van der Waals surface area (Å²) in [5.41, 5.74) is 1.24. The predicted octanol–water partition coefficient (Wildman–Crippen LogP) is 1.38. The Morgan fingerprint density at radius 2 is 2.12 bits per heavy atom. The molecule has 0 saturated heterocycles. The normalized spacial score (nSPS) is 9.76. The number of carbonyl (C=O) groups is 2. The van der Waals surface area contributed by atoms with Crippen LogP contribution in [0.1, 0.15) is 16.8 Å². The lowest BCUT2D eigenvalue weighted by Gasteiger charge is -2.18. The molecule has 1 aromatic rings. The minimum Gasteiger partial charge on any atom is -0.481 e. The molecule has 0 atom stereocenters. The Morgan fingerprint density at radius 3 is 2.71 bits per heavy atom. The number of hydrogen-bond donors (Lipinski definition) is 1. The Morgan fingerprint density at radius 1 is 1.41 bits per heavy atom. The van der Waals surface area contributed by atoms with Crippen LogP contribution in [-0.2, 0) is 9.53 Å². The highest BCUT2D eigenvalue weighted by Gasteiger charge is 2.08. The summed E-state index contributed by atoms with van der Waals surface area (Å²) in [5, 5.41) is 8.59. The first-order valence-corrected chi connectivity index (χ1v) is 5.16. The van der Waals surface area contributed by atoms with Crippen LogP contribution in [0.5, 0.6) is 0 Å². The Labute approximate surface area is 99.6 Å². The van der Waals surface area contributed by atoms with E-state index < -0.39 is 11.9 Å². The van der Waals surface area contributed by atoms with E-state index >= 15 is 0 Å². The molecule has 0 saturated carbocycles. The van der Waals surface area contributed by atoms with Gasteiger partial charge in [-0.15, -0.1) is 0 Å². The molecule has 0 amide bonds. The van der Waals surface area contributed by atoms with Crippen molar-refractivity contribution in [2.45, 2.75) is 6.42 Å². The Balaban J connectivity index is 2.76. The minimum absolute atomic E-state index is 0.0545. The summed E-state index contributed by atoms with van der Waals surface area (Å²) >= 11 is 0. The average Bonchev–Trinajstić information content (AvgIpc) is 2.35. The van der Waals surface area contributed by atoms with E-state index in [1.807, 2.05) is 6.07 Å².